The molecular formula is C19H31N3O. The van der Waals surface area contributed by atoms with Crippen molar-refractivity contribution >= 4 is 11.6 Å². The minimum atomic E-state index is -0.0184. The van der Waals surface area contributed by atoms with E-state index < -0.39 is 0 Å². The van der Waals surface area contributed by atoms with Gasteiger partial charge in [-0.3, -0.25) is 4.79 Å². The maximum absolute atomic E-state index is 12.6. The Morgan fingerprint density at radius 2 is 1.91 bits per heavy atom. The summed E-state index contributed by atoms with van der Waals surface area (Å²) in [7, 11) is 0. The van der Waals surface area contributed by atoms with E-state index in [1.54, 1.807) is 0 Å². The molecule has 23 heavy (non-hydrogen) atoms. The van der Waals surface area contributed by atoms with E-state index in [0.717, 1.165) is 44.3 Å². The third kappa shape index (κ3) is 5.87. The van der Waals surface area contributed by atoms with Crippen LogP contribution in [-0.4, -0.2) is 24.5 Å². The first kappa shape index (κ1) is 17.8. The zero-order valence-corrected chi connectivity index (χ0v) is 14.4. The summed E-state index contributed by atoms with van der Waals surface area (Å²) in [6.07, 6.45) is 5.12. The third-order valence-electron chi connectivity index (χ3n) is 4.58. The molecular weight excluding hydrogens is 286 g/mol. The van der Waals surface area contributed by atoms with Gasteiger partial charge in [0.05, 0.1) is 5.92 Å². The maximum Gasteiger partial charge on any atom is 0.224 e. The van der Waals surface area contributed by atoms with E-state index in [1.807, 2.05) is 30.3 Å². The molecule has 4 heteroatoms. The number of amides is 1. The smallest absolute Gasteiger partial charge is 0.224 e. The maximum atomic E-state index is 12.6. The molecule has 2 rings (SSSR count). The molecule has 1 saturated carbocycles. The van der Waals surface area contributed by atoms with Crippen molar-refractivity contribution in [1.29, 1.82) is 0 Å². The molecule has 1 fully saturated rings. The van der Waals surface area contributed by atoms with E-state index in [-0.39, 0.29) is 23.9 Å². The summed E-state index contributed by atoms with van der Waals surface area (Å²) >= 11 is 0. The molecule has 4 nitrogen and oxygen atoms in total. The normalized spacial score (nSPS) is 22.6. The molecule has 128 valence electrons. The highest BCUT2D eigenvalue weighted by atomic mass is 16.2. The lowest BCUT2D eigenvalue weighted by molar-refractivity contribution is -0.127. The van der Waals surface area contributed by atoms with E-state index in [9.17, 15) is 4.79 Å². The average molecular weight is 317 g/mol. The lowest BCUT2D eigenvalue weighted by Crippen LogP contribution is -2.49. The first-order chi connectivity index (χ1) is 11.1. The SMILES string of the molecule is CC(C)C[C@@H](CNc1ccccc1)NC(=O)[C@@H]1CCCC[C@@H]1N. The van der Waals surface area contributed by atoms with Gasteiger partial charge in [-0.25, -0.2) is 0 Å². The summed E-state index contributed by atoms with van der Waals surface area (Å²) in [5.74, 6) is 0.658. The molecule has 1 aliphatic rings. The van der Waals surface area contributed by atoms with Crippen LogP contribution >= 0.6 is 0 Å². The fourth-order valence-electron chi connectivity index (χ4n) is 3.35. The van der Waals surface area contributed by atoms with Crippen LogP contribution in [-0.2, 0) is 4.79 Å². The Morgan fingerprint density at radius 3 is 2.57 bits per heavy atom. The van der Waals surface area contributed by atoms with Crippen molar-refractivity contribution in [2.45, 2.75) is 58.0 Å². The van der Waals surface area contributed by atoms with E-state index in [0.29, 0.717) is 5.92 Å². The van der Waals surface area contributed by atoms with Crippen LogP contribution < -0.4 is 16.4 Å². The van der Waals surface area contributed by atoms with Crippen LogP contribution in [0.3, 0.4) is 0 Å². The number of nitrogens with two attached hydrogens (primary N) is 1. The van der Waals surface area contributed by atoms with Crippen molar-refractivity contribution in [2.75, 3.05) is 11.9 Å². The molecule has 1 aromatic carbocycles. The number of nitrogens with one attached hydrogen (secondary N) is 2. The van der Waals surface area contributed by atoms with Crippen LogP contribution in [0.25, 0.3) is 0 Å². The lowest BCUT2D eigenvalue weighted by Gasteiger charge is -2.30. The Bertz CT molecular complexity index is 475. The number of hydrogen-bond acceptors (Lipinski definition) is 3. The number of benzene rings is 1. The summed E-state index contributed by atoms with van der Waals surface area (Å²) in [6, 6.07) is 10.3. The van der Waals surface area contributed by atoms with Crippen LogP contribution in [0.15, 0.2) is 30.3 Å². The van der Waals surface area contributed by atoms with Crippen molar-refractivity contribution < 1.29 is 4.79 Å². The standard InChI is InChI=1S/C19H31N3O/c1-14(2)12-16(13-21-15-8-4-3-5-9-15)22-19(23)17-10-6-7-11-18(17)20/h3-5,8-9,14,16-18,21H,6-7,10-13,20H2,1-2H3,(H,22,23)/t16-,17+,18-/m0/s1. The number of rotatable bonds is 7. The predicted molar refractivity (Wildman–Crippen MR) is 96.3 cm³/mol. The fourth-order valence-corrected chi connectivity index (χ4v) is 3.35. The van der Waals surface area contributed by atoms with Crippen LogP contribution in [0.5, 0.6) is 0 Å². The molecule has 1 aliphatic carbocycles. The monoisotopic (exact) mass is 317 g/mol. The molecule has 1 amide bonds. The molecule has 0 heterocycles. The van der Waals surface area contributed by atoms with Crippen molar-refractivity contribution in [1.82, 2.24) is 5.32 Å². The molecule has 0 bridgehead atoms. The number of hydrogen-bond donors (Lipinski definition) is 3. The Morgan fingerprint density at radius 1 is 1.22 bits per heavy atom. The minimum absolute atomic E-state index is 0.0184. The van der Waals surface area contributed by atoms with Crippen LogP contribution in [0.4, 0.5) is 5.69 Å². The zero-order valence-electron chi connectivity index (χ0n) is 14.4. The van der Waals surface area contributed by atoms with E-state index in [4.69, 9.17) is 5.73 Å². The highest BCUT2D eigenvalue weighted by molar-refractivity contribution is 5.79. The van der Waals surface area contributed by atoms with Crippen molar-refractivity contribution in [2.24, 2.45) is 17.6 Å². The molecule has 4 N–H and O–H groups in total. The molecule has 3 atom stereocenters. The van der Waals surface area contributed by atoms with Gasteiger partial charge in [0.15, 0.2) is 0 Å². The van der Waals surface area contributed by atoms with Gasteiger partial charge in [0.2, 0.25) is 5.91 Å². The molecule has 0 aromatic heterocycles. The van der Waals surface area contributed by atoms with Crippen LogP contribution in [0.2, 0.25) is 0 Å². The second-order valence-corrected chi connectivity index (χ2v) is 7.14. The van der Waals surface area contributed by atoms with Gasteiger partial charge in [0, 0.05) is 24.3 Å². The molecule has 0 spiro atoms. The molecule has 0 aliphatic heterocycles. The molecule has 0 unspecified atom stereocenters. The Hall–Kier alpha value is -1.55. The molecule has 1 aromatic rings. The van der Waals surface area contributed by atoms with E-state index in [1.165, 1.54) is 0 Å². The number of anilines is 1. The quantitative estimate of drug-likeness (QED) is 0.724. The number of para-hydroxylation sites is 1. The first-order valence-corrected chi connectivity index (χ1v) is 8.91. The van der Waals surface area contributed by atoms with Gasteiger partial charge in [0.1, 0.15) is 0 Å². The second kappa shape index (κ2) is 8.92. The van der Waals surface area contributed by atoms with Gasteiger partial charge in [-0.15, -0.1) is 0 Å². The number of carbonyl (C=O) groups is 1. The van der Waals surface area contributed by atoms with E-state index >= 15 is 0 Å². The second-order valence-electron chi connectivity index (χ2n) is 7.14. The molecule has 0 radical (unpaired) electrons. The first-order valence-electron chi connectivity index (χ1n) is 8.91. The van der Waals surface area contributed by atoms with Crippen LogP contribution in [0, 0.1) is 11.8 Å². The summed E-state index contributed by atoms with van der Waals surface area (Å²) in [4.78, 5) is 12.6. The summed E-state index contributed by atoms with van der Waals surface area (Å²) in [5.41, 5.74) is 7.23. The van der Waals surface area contributed by atoms with Gasteiger partial charge < -0.3 is 16.4 Å². The highest BCUT2D eigenvalue weighted by Gasteiger charge is 2.29. The van der Waals surface area contributed by atoms with Gasteiger partial charge in [-0.05, 0) is 37.3 Å². The van der Waals surface area contributed by atoms with Gasteiger partial charge in [-0.1, -0.05) is 44.9 Å². The van der Waals surface area contributed by atoms with Gasteiger partial charge in [-0.2, -0.15) is 0 Å². The average Bonchev–Trinajstić information content (AvgIpc) is 2.53. The Balaban J connectivity index is 1.90. The Kier molecular flexibility index (Phi) is 6.90. The minimum Gasteiger partial charge on any atom is -0.383 e. The Labute approximate surface area is 140 Å². The third-order valence-corrected chi connectivity index (χ3v) is 4.58. The largest absolute Gasteiger partial charge is 0.383 e. The van der Waals surface area contributed by atoms with Gasteiger partial charge in [0.25, 0.3) is 0 Å². The topological polar surface area (TPSA) is 67.1 Å². The lowest BCUT2D eigenvalue weighted by atomic mass is 9.84. The van der Waals surface area contributed by atoms with Gasteiger partial charge >= 0.3 is 0 Å². The van der Waals surface area contributed by atoms with Crippen molar-refractivity contribution in [3.63, 3.8) is 0 Å². The number of carbonyl (C=O) groups excluding carboxylic acids is 1. The van der Waals surface area contributed by atoms with Crippen LogP contribution in [0.1, 0.15) is 46.0 Å². The summed E-state index contributed by atoms with van der Waals surface area (Å²) in [5, 5.41) is 6.66. The zero-order chi connectivity index (χ0) is 16.7. The highest BCUT2D eigenvalue weighted by Crippen LogP contribution is 2.23. The van der Waals surface area contributed by atoms with Crippen molar-refractivity contribution in [3.8, 4) is 0 Å². The fraction of sp³-hybridized carbons (Fsp3) is 0.632. The molecule has 0 saturated heterocycles. The van der Waals surface area contributed by atoms with Crippen molar-refractivity contribution in [3.05, 3.63) is 30.3 Å². The summed E-state index contributed by atoms with van der Waals surface area (Å²) in [6.45, 7) is 5.12. The summed E-state index contributed by atoms with van der Waals surface area (Å²) < 4.78 is 0. The predicted octanol–water partition coefficient (Wildman–Crippen LogP) is 3.15. The van der Waals surface area contributed by atoms with E-state index in [2.05, 4.69) is 24.5 Å².